The number of nitrogens with one attached hydrogen (secondary N) is 1. The number of carbonyl (C=O) groups is 1. The summed E-state index contributed by atoms with van der Waals surface area (Å²) < 4.78 is 23.2. The fourth-order valence-corrected chi connectivity index (χ4v) is 5.37. The number of nitrogens with zero attached hydrogens (tertiary/aromatic N) is 2. The third-order valence-electron chi connectivity index (χ3n) is 5.45. The standard InChI is InChI=1S/C20H22N4O3S/c21-20(25)17-10-15-9-14(16-11-22-23-12-16)2-4-18(15)24-19(17)3-1-13-5-7-28(26,27)8-6-13/h2,4,9-13H,1,3,5-8H2,(H2,21,25)(H,22,23). The lowest BCUT2D eigenvalue weighted by Crippen LogP contribution is -2.24. The van der Waals surface area contributed by atoms with Crippen molar-refractivity contribution in [3.8, 4) is 11.1 Å². The summed E-state index contributed by atoms with van der Waals surface area (Å²) in [6.45, 7) is 0. The van der Waals surface area contributed by atoms with Gasteiger partial charge in [0.2, 0.25) is 0 Å². The van der Waals surface area contributed by atoms with Gasteiger partial charge in [-0.3, -0.25) is 14.9 Å². The first-order valence-electron chi connectivity index (χ1n) is 9.34. The van der Waals surface area contributed by atoms with Crippen LogP contribution in [0.3, 0.4) is 0 Å². The molecule has 1 amide bonds. The number of aryl methyl sites for hydroxylation is 1. The molecule has 0 aliphatic carbocycles. The summed E-state index contributed by atoms with van der Waals surface area (Å²) in [7, 11) is -2.87. The maximum absolute atomic E-state index is 12.0. The van der Waals surface area contributed by atoms with Crippen LogP contribution in [0.25, 0.3) is 22.0 Å². The van der Waals surface area contributed by atoms with Crippen LogP contribution in [0, 0.1) is 5.92 Å². The normalized spacial score (nSPS) is 17.0. The Morgan fingerprint density at radius 3 is 2.64 bits per heavy atom. The molecular weight excluding hydrogens is 376 g/mol. The highest BCUT2D eigenvalue weighted by Gasteiger charge is 2.24. The highest BCUT2D eigenvalue weighted by Crippen LogP contribution is 2.27. The minimum Gasteiger partial charge on any atom is -0.366 e. The average molecular weight is 398 g/mol. The van der Waals surface area contributed by atoms with Gasteiger partial charge in [0, 0.05) is 17.1 Å². The van der Waals surface area contributed by atoms with Crippen LogP contribution < -0.4 is 5.73 Å². The number of nitrogens with two attached hydrogens (primary N) is 1. The first kappa shape index (κ1) is 18.6. The third kappa shape index (κ3) is 3.91. The van der Waals surface area contributed by atoms with Crippen molar-refractivity contribution in [2.45, 2.75) is 25.7 Å². The molecule has 3 heterocycles. The van der Waals surface area contributed by atoms with Gasteiger partial charge in [0.25, 0.3) is 5.91 Å². The maximum atomic E-state index is 12.0. The van der Waals surface area contributed by atoms with Crippen molar-refractivity contribution in [1.82, 2.24) is 15.2 Å². The Balaban J connectivity index is 1.60. The number of primary amides is 1. The lowest BCUT2D eigenvalue weighted by Gasteiger charge is -2.22. The zero-order valence-electron chi connectivity index (χ0n) is 15.4. The summed E-state index contributed by atoms with van der Waals surface area (Å²) >= 11 is 0. The number of aromatic nitrogens is 3. The molecule has 0 bridgehead atoms. The number of amides is 1. The Kier molecular flexibility index (Phi) is 4.89. The average Bonchev–Trinajstić information content (AvgIpc) is 3.20. The van der Waals surface area contributed by atoms with Crippen LogP contribution >= 0.6 is 0 Å². The third-order valence-corrected chi connectivity index (χ3v) is 7.17. The molecule has 1 aromatic carbocycles. The van der Waals surface area contributed by atoms with Gasteiger partial charge in [-0.05, 0) is 55.4 Å². The van der Waals surface area contributed by atoms with Crippen molar-refractivity contribution in [1.29, 1.82) is 0 Å². The van der Waals surface area contributed by atoms with Crippen molar-refractivity contribution in [3.63, 3.8) is 0 Å². The van der Waals surface area contributed by atoms with Gasteiger partial charge in [0.1, 0.15) is 9.84 Å². The molecule has 2 aromatic heterocycles. The van der Waals surface area contributed by atoms with Crippen molar-refractivity contribution >= 4 is 26.6 Å². The summed E-state index contributed by atoms with van der Waals surface area (Å²) in [5.74, 6) is 0.347. The van der Waals surface area contributed by atoms with Crippen LogP contribution in [0.5, 0.6) is 0 Å². The number of fused-ring (bicyclic) bond motifs is 1. The highest BCUT2D eigenvalue weighted by molar-refractivity contribution is 7.91. The molecule has 3 N–H and O–H groups in total. The van der Waals surface area contributed by atoms with Crippen LogP contribution in [0.1, 0.15) is 35.3 Å². The Bertz CT molecular complexity index is 1110. The largest absolute Gasteiger partial charge is 0.366 e. The van der Waals surface area contributed by atoms with Crippen molar-refractivity contribution in [2.24, 2.45) is 11.7 Å². The molecule has 1 aliphatic heterocycles. The second-order valence-corrected chi connectivity index (χ2v) is 9.68. The van der Waals surface area contributed by atoms with E-state index in [1.807, 2.05) is 24.4 Å². The fourth-order valence-electron chi connectivity index (χ4n) is 3.78. The minimum atomic E-state index is -2.87. The molecule has 3 aromatic rings. The summed E-state index contributed by atoms with van der Waals surface area (Å²) in [5.41, 5.74) is 9.47. The van der Waals surface area contributed by atoms with Crippen LogP contribution in [0.4, 0.5) is 0 Å². The Morgan fingerprint density at radius 1 is 1.18 bits per heavy atom. The molecule has 1 saturated heterocycles. The van der Waals surface area contributed by atoms with Gasteiger partial charge >= 0.3 is 0 Å². The second-order valence-electron chi connectivity index (χ2n) is 7.38. The Labute approximate surface area is 163 Å². The van der Waals surface area contributed by atoms with Crippen molar-refractivity contribution in [2.75, 3.05) is 11.5 Å². The molecule has 0 atom stereocenters. The van der Waals surface area contributed by atoms with E-state index < -0.39 is 15.7 Å². The SMILES string of the molecule is NC(=O)c1cc2cc(-c3cn[nH]c3)ccc2nc1CCC1CCS(=O)(=O)CC1. The van der Waals surface area contributed by atoms with Crippen LogP contribution in [-0.4, -0.2) is 41.0 Å². The first-order valence-corrected chi connectivity index (χ1v) is 11.2. The van der Waals surface area contributed by atoms with Gasteiger partial charge in [-0.15, -0.1) is 0 Å². The molecular formula is C20H22N4O3S. The lowest BCUT2D eigenvalue weighted by atomic mass is 9.94. The van der Waals surface area contributed by atoms with E-state index in [-0.39, 0.29) is 11.5 Å². The molecule has 0 saturated carbocycles. The molecule has 8 heteroatoms. The minimum absolute atomic E-state index is 0.252. The number of carbonyl (C=O) groups excluding carboxylic acids is 1. The second kappa shape index (κ2) is 7.35. The van der Waals surface area contributed by atoms with Crippen LogP contribution in [0.2, 0.25) is 0 Å². The van der Waals surface area contributed by atoms with E-state index in [0.29, 0.717) is 36.4 Å². The predicted octanol–water partition coefficient (Wildman–Crippen LogP) is 2.48. The summed E-state index contributed by atoms with van der Waals surface area (Å²) in [5, 5.41) is 7.60. The van der Waals surface area contributed by atoms with E-state index in [0.717, 1.165) is 28.5 Å². The van der Waals surface area contributed by atoms with Gasteiger partial charge in [-0.1, -0.05) is 6.07 Å². The molecule has 1 fully saturated rings. The predicted molar refractivity (Wildman–Crippen MR) is 108 cm³/mol. The number of benzene rings is 1. The fraction of sp³-hybridized carbons (Fsp3) is 0.350. The van der Waals surface area contributed by atoms with Gasteiger partial charge in [0.05, 0.1) is 34.5 Å². The monoisotopic (exact) mass is 398 g/mol. The van der Waals surface area contributed by atoms with E-state index in [1.165, 1.54) is 0 Å². The molecule has 0 radical (unpaired) electrons. The number of sulfone groups is 1. The van der Waals surface area contributed by atoms with E-state index in [4.69, 9.17) is 5.73 Å². The van der Waals surface area contributed by atoms with Gasteiger partial charge < -0.3 is 5.73 Å². The first-order chi connectivity index (χ1) is 13.4. The smallest absolute Gasteiger partial charge is 0.250 e. The zero-order valence-corrected chi connectivity index (χ0v) is 16.2. The Hall–Kier alpha value is -2.74. The summed E-state index contributed by atoms with van der Waals surface area (Å²) in [6, 6.07) is 7.67. The number of H-pyrrole nitrogens is 1. The topological polar surface area (TPSA) is 119 Å². The van der Waals surface area contributed by atoms with Gasteiger partial charge in [-0.25, -0.2) is 8.42 Å². The molecule has 4 rings (SSSR count). The van der Waals surface area contributed by atoms with E-state index in [1.54, 1.807) is 12.3 Å². The van der Waals surface area contributed by atoms with Crippen LogP contribution in [-0.2, 0) is 16.3 Å². The molecule has 146 valence electrons. The Morgan fingerprint density at radius 2 is 1.96 bits per heavy atom. The summed E-state index contributed by atoms with van der Waals surface area (Å²) in [6.07, 6.45) is 6.32. The number of rotatable bonds is 5. The van der Waals surface area contributed by atoms with Crippen molar-refractivity contribution in [3.05, 3.63) is 47.9 Å². The summed E-state index contributed by atoms with van der Waals surface area (Å²) in [4.78, 5) is 16.7. The molecule has 7 nitrogen and oxygen atoms in total. The molecule has 0 unspecified atom stereocenters. The van der Waals surface area contributed by atoms with E-state index >= 15 is 0 Å². The highest BCUT2D eigenvalue weighted by atomic mass is 32.2. The lowest BCUT2D eigenvalue weighted by molar-refractivity contribution is 0.0999. The maximum Gasteiger partial charge on any atom is 0.250 e. The van der Waals surface area contributed by atoms with Crippen LogP contribution in [0.15, 0.2) is 36.7 Å². The molecule has 0 spiro atoms. The van der Waals surface area contributed by atoms with Crippen molar-refractivity contribution < 1.29 is 13.2 Å². The molecule has 28 heavy (non-hydrogen) atoms. The zero-order chi connectivity index (χ0) is 19.7. The number of hydrogen-bond donors (Lipinski definition) is 2. The number of hydrogen-bond acceptors (Lipinski definition) is 5. The number of aromatic amines is 1. The molecule has 1 aliphatic rings. The quantitative estimate of drug-likeness (QED) is 0.684. The van der Waals surface area contributed by atoms with E-state index in [2.05, 4.69) is 15.2 Å². The van der Waals surface area contributed by atoms with E-state index in [9.17, 15) is 13.2 Å². The number of pyridine rings is 1. The van der Waals surface area contributed by atoms with Gasteiger partial charge in [-0.2, -0.15) is 5.10 Å². The van der Waals surface area contributed by atoms with Gasteiger partial charge in [0.15, 0.2) is 0 Å².